The van der Waals surface area contributed by atoms with Crippen LogP contribution in [0.25, 0.3) is 0 Å². The Morgan fingerprint density at radius 2 is 1.94 bits per heavy atom. The Balaban J connectivity index is 1.67. The average Bonchev–Trinajstić information content (AvgIpc) is 2.73. The molecule has 1 heterocycles. The first-order valence-electron chi connectivity index (χ1n) is 10.1. The zero-order chi connectivity index (χ0) is 24.2. The summed E-state index contributed by atoms with van der Waals surface area (Å²) in [7, 11) is -1.13. The fourth-order valence-corrected chi connectivity index (χ4v) is 3.68. The van der Waals surface area contributed by atoms with Gasteiger partial charge in [-0.1, -0.05) is 12.1 Å². The zero-order valence-corrected chi connectivity index (χ0v) is 18.9. The van der Waals surface area contributed by atoms with Crippen LogP contribution in [0.5, 0.6) is 0 Å². The van der Waals surface area contributed by atoms with Crippen LogP contribution in [0.15, 0.2) is 42.6 Å². The van der Waals surface area contributed by atoms with Crippen LogP contribution in [0.3, 0.4) is 0 Å². The van der Waals surface area contributed by atoms with E-state index >= 15 is 0 Å². The van der Waals surface area contributed by atoms with Gasteiger partial charge >= 0.3 is 0 Å². The van der Waals surface area contributed by atoms with E-state index in [9.17, 15) is 27.3 Å². The number of hydrogen-bond donors (Lipinski definition) is 4. The van der Waals surface area contributed by atoms with Gasteiger partial charge in [-0.15, -0.1) is 0 Å². The molecule has 0 radical (unpaired) electrons. The van der Waals surface area contributed by atoms with E-state index in [0.717, 1.165) is 12.1 Å². The molecular formula is C22H25F3N4O3S. The minimum atomic E-state index is -1.30. The van der Waals surface area contributed by atoms with Gasteiger partial charge in [0.2, 0.25) is 0 Å². The van der Waals surface area contributed by atoms with Gasteiger partial charge in [0, 0.05) is 19.3 Å². The first kappa shape index (κ1) is 24.7. The summed E-state index contributed by atoms with van der Waals surface area (Å²) in [4.78, 5) is 14.2. The number of halogens is 3. The number of likely N-dealkylation sites (tertiary alicyclic amines) is 1. The van der Waals surface area contributed by atoms with Crippen LogP contribution < -0.4 is 15.4 Å². The van der Waals surface area contributed by atoms with Gasteiger partial charge in [-0.05, 0) is 43.0 Å². The van der Waals surface area contributed by atoms with Crippen molar-refractivity contribution in [3.8, 4) is 0 Å². The molecule has 7 nitrogen and oxygen atoms in total. The van der Waals surface area contributed by atoms with Gasteiger partial charge in [0.05, 0.1) is 41.0 Å². The first-order chi connectivity index (χ1) is 15.6. The maximum Gasteiger partial charge on any atom is 0.256 e. The lowest BCUT2D eigenvalue weighted by Gasteiger charge is -2.46. The molecule has 1 aliphatic rings. The van der Waals surface area contributed by atoms with E-state index in [2.05, 4.69) is 15.4 Å². The summed E-state index contributed by atoms with van der Waals surface area (Å²) in [5.74, 6) is -3.78. The smallest absolute Gasteiger partial charge is 0.256 e. The van der Waals surface area contributed by atoms with Crippen molar-refractivity contribution in [2.75, 3.05) is 37.8 Å². The number of amides is 1. The highest BCUT2D eigenvalue weighted by molar-refractivity contribution is 7.82. The summed E-state index contributed by atoms with van der Waals surface area (Å²) in [6.45, 7) is 2.17. The highest BCUT2D eigenvalue weighted by Crippen LogP contribution is 2.31. The lowest BCUT2D eigenvalue weighted by atomic mass is 9.93. The molecule has 1 saturated heterocycles. The molecule has 1 aliphatic heterocycles. The van der Waals surface area contributed by atoms with Crippen molar-refractivity contribution in [2.45, 2.75) is 12.5 Å². The van der Waals surface area contributed by atoms with Gasteiger partial charge in [0.1, 0.15) is 11.4 Å². The molecule has 0 spiro atoms. The fraction of sp³-hybridized carbons (Fsp3) is 0.318. The third kappa shape index (κ3) is 6.12. The number of hydrogen-bond acceptors (Lipinski definition) is 5. The number of aliphatic hydroxyl groups is 1. The molecule has 11 heteroatoms. The molecule has 2 aromatic rings. The number of carbonyl (C=O) groups excluding carboxylic acids is 1. The maximum atomic E-state index is 14.6. The van der Waals surface area contributed by atoms with E-state index in [1.807, 2.05) is 0 Å². The predicted octanol–water partition coefficient (Wildman–Crippen LogP) is 2.33. The largest absolute Gasteiger partial charge is 0.388 e. The molecule has 0 aromatic heterocycles. The molecule has 1 amide bonds. The maximum absolute atomic E-state index is 14.6. The molecule has 0 aliphatic carbocycles. The van der Waals surface area contributed by atoms with Crippen LogP contribution in [0.1, 0.15) is 15.9 Å². The first-order valence-corrected chi connectivity index (χ1v) is 11.6. The Labute approximate surface area is 192 Å². The van der Waals surface area contributed by atoms with Crippen LogP contribution in [-0.2, 0) is 11.0 Å². The van der Waals surface area contributed by atoms with Crippen molar-refractivity contribution in [2.24, 2.45) is 0 Å². The molecule has 0 bridgehead atoms. The highest BCUT2D eigenvalue weighted by atomic mass is 32.2. The van der Waals surface area contributed by atoms with Gasteiger partial charge in [-0.3, -0.25) is 4.79 Å². The monoisotopic (exact) mass is 482 g/mol. The number of nitrogens with zero attached hydrogens (tertiary/aromatic N) is 1. The molecule has 178 valence electrons. The fourth-order valence-electron chi connectivity index (χ4n) is 3.35. The molecule has 1 unspecified atom stereocenters. The van der Waals surface area contributed by atoms with E-state index in [1.54, 1.807) is 25.3 Å². The Hall–Kier alpha value is -2.89. The van der Waals surface area contributed by atoms with Gasteiger partial charge in [-0.2, -0.15) is 0 Å². The van der Waals surface area contributed by atoms with Crippen molar-refractivity contribution in [3.63, 3.8) is 0 Å². The van der Waals surface area contributed by atoms with Crippen LogP contribution in [0.4, 0.5) is 24.5 Å². The lowest BCUT2D eigenvalue weighted by molar-refractivity contribution is -0.0768. The number of aryl methyl sites for hydroxylation is 1. The summed E-state index contributed by atoms with van der Waals surface area (Å²) in [5, 5.41) is 15.9. The topological polar surface area (TPSA) is 93.7 Å². The number of benzene rings is 2. The summed E-state index contributed by atoms with van der Waals surface area (Å²) < 4.78 is 56.3. The minimum Gasteiger partial charge on any atom is -0.388 e. The van der Waals surface area contributed by atoms with Gasteiger partial charge in [-0.25, -0.2) is 22.1 Å². The van der Waals surface area contributed by atoms with Crippen molar-refractivity contribution in [1.29, 1.82) is 0 Å². The number of nitrogens with one attached hydrogen (secondary N) is 3. The second-order valence-corrected chi connectivity index (χ2v) is 9.06. The van der Waals surface area contributed by atoms with Crippen molar-refractivity contribution < 1.29 is 27.3 Å². The summed E-state index contributed by atoms with van der Waals surface area (Å²) in [6.07, 6.45) is 4.79. The summed E-state index contributed by atoms with van der Waals surface area (Å²) >= 11 is 0. The van der Waals surface area contributed by atoms with Crippen LogP contribution >= 0.6 is 0 Å². The van der Waals surface area contributed by atoms with E-state index in [-0.39, 0.29) is 30.9 Å². The highest BCUT2D eigenvalue weighted by Gasteiger charge is 2.44. The minimum absolute atomic E-state index is 0.0266. The second-order valence-electron chi connectivity index (χ2n) is 7.86. The standard InChI is InChI=1S/C22H25F3N4O3S/c1-14-4-7-18(17(24)10-14)28-20-15(5-6-16(23)19(20)25)21(30)29-12-22(31,13-29)11-26-8-3-9-27-33(2)32/h3-8,10,26-28,31H,9,11-13H2,1-2H3/b8-3+. The molecule has 2 aromatic carbocycles. The second kappa shape index (κ2) is 10.4. The molecular weight excluding hydrogens is 457 g/mol. The third-order valence-electron chi connectivity index (χ3n) is 5.04. The van der Waals surface area contributed by atoms with Gasteiger partial charge in [0.25, 0.3) is 5.91 Å². The SMILES string of the molecule is Cc1ccc(Nc2c(C(=O)N3CC(O)(CN/C=C/CNS(C)=O)C3)ccc(F)c2F)c(F)c1. The van der Waals surface area contributed by atoms with E-state index < -0.39 is 45.6 Å². The number of carbonyl (C=O) groups is 1. The Morgan fingerprint density at radius 3 is 2.61 bits per heavy atom. The van der Waals surface area contributed by atoms with Crippen LogP contribution in [-0.4, -0.2) is 58.2 Å². The summed E-state index contributed by atoms with van der Waals surface area (Å²) in [6, 6.07) is 6.15. The molecule has 33 heavy (non-hydrogen) atoms. The Morgan fingerprint density at radius 1 is 1.21 bits per heavy atom. The number of rotatable bonds is 9. The van der Waals surface area contributed by atoms with E-state index in [0.29, 0.717) is 12.1 Å². The molecule has 1 fully saturated rings. The van der Waals surface area contributed by atoms with E-state index in [4.69, 9.17) is 0 Å². The predicted molar refractivity (Wildman–Crippen MR) is 121 cm³/mol. The average molecular weight is 483 g/mol. The van der Waals surface area contributed by atoms with Crippen LogP contribution in [0.2, 0.25) is 0 Å². The lowest BCUT2D eigenvalue weighted by Crippen LogP contribution is -2.66. The van der Waals surface area contributed by atoms with Gasteiger partial charge < -0.3 is 20.6 Å². The normalized spacial score (nSPS) is 15.9. The molecule has 1 atom stereocenters. The molecule has 0 saturated carbocycles. The molecule has 4 N–H and O–H groups in total. The zero-order valence-electron chi connectivity index (χ0n) is 18.1. The van der Waals surface area contributed by atoms with Crippen molar-refractivity contribution in [3.05, 3.63) is 71.2 Å². The van der Waals surface area contributed by atoms with Gasteiger partial charge in [0.15, 0.2) is 11.6 Å². The Bertz CT molecular complexity index is 1090. The van der Waals surface area contributed by atoms with Crippen molar-refractivity contribution in [1.82, 2.24) is 14.9 Å². The summed E-state index contributed by atoms with van der Waals surface area (Å²) in [5.41, 5.74) is -1.30. The van der Waals surface area contributed by atoms with E-state index in [1.165, 1.54) is 23.3 Å². The number of anilines is 2. The molecule has 3 rings (SSSR count). The Kier molecular flexibility index (Phi) is 7.77. The quantitative estimate of drug-likeness (QED) is 0.440. The third-order valence-corrected chi connectivity index (χ3v) is 5.61. The van der Waals surface area contributed by atoms with Crippen LogP contribution in [0, 0.1) is 24.4 Å². The van der Waals surface area contributed by atoms with Crippen molar-refractivity contribution >= 4 is 28.3 Å². The number of β-amino-alcohol motifs (C(OH)–C–C–N with tert-alkyl or cyclic N) is 1.